The van der Waals surface area contributed by atoms with Crippen molar-refractivity contribution in [1.82, 2.24) is 9.80 Å². The van der Waals surface area contributed by atoms with Gasteiger partial charge in [-0.2, -0.15) is 0 Å². The topological polar surface area (TPSA) is 49.6 Å². The highest BCUT2D eigenvalue weighted by molar-refractivity contribution is 5.76. The normalized spacial score (nSPS) is 23.0. The van der Waals surface area contributed by atoms with Crippen LogP contribution in [0.15, 0.2) is 0 Å². The molecule has 0 aromatic carbocycles. The molecule has 2 atom stereocenters. The largest absolute Gasteiger partial charge is 0.343 e. The van der Waals surface area contributed by atoms with Crippen molar-refractivity contribution in [2.75, 3.05) is 33.2 Å². The minimum atomic E-state index is 0.292. The zero-order chi connectivity index (χ0) is 14.3. The monoisotopic (exact) mass is 269 g/mol. The summed E-state index contributed by atoms with van der Waals surface area (Å²) in [5.41, 5.74) is 5.83. The second-order valence-corrected chi connectivity index (χ2v) is 5.64. The maximum absolute atomic E-state index is 11.9. The molecule has 1 amide bonds. The van der Waals surface area contributed by atoms with Gasteiger partial charge in [0, 0.05) is 25.6 Å². The molecule has 4 nitrogen and oxygen atoms in total. The smallest absolute Gasteiger partial charge is 0.222 e. The van der Waals surface area contributed by atoms with Crippen molar-refractivity contribution in [2.24, 2.45) is 11.7 Å². The molecular weight excluding hydrogens is 238 g/mol. The Morgan fingerprint density at radius 2 is 1.95 bits per heavy atom. The van der Waals surface area contributed by atoms with E-state index in [4.69, 9.17) is 5.73 Å². The van der Waals surface area contributed by atoms with Crippen LogP contribution >= 0.6 is 0 Å². The minimum Gasteiger partial charge on any atom is -0.343 e. The average molecular weight is 269 g/mol. The molecule has 0 radical (unpaired) electrons. The van der Waals surface area contributed by atoms with Gasteiger partial charge in [-0.15, -0.1) is 0 Å². The van der Waals surface area contributed by atoms with Crippen molar-refractivity contribution in [3.63, 3.8) is 0 Å². The second-order valence-electron chi connectivity index (χ2n) is 5.64. The van der Waals surface area contributed by atoms with E-state index in [9.17, 15) is 4.79 Å². The van der Waals surface area contributed by atoms with Gasteiger partial charge in [0.2, 0.25) is 5.91 Å². The zero-order valence-electron chi connectivity index (χ0n) is 12.9. The molecule has 0 spiro atoms. The van der Waals surface area contributed by atoms with Crippen LogP contribution in [0.3, 0.4) is 0 Å². The van der Waals surface area contributed by atoms with Gasteiger partial charge < -0.3 is 15.5 Å². The Kier molecular flexibility index (Phi) is 7.39. The lowest BCUT2D eigenvalue weighted by molar-refractivity contribution is -0.131. The lowest BCUT2D eigenvalue weighted by Crippen LogP contribution is -2.38. The van der Waals surface area contributed by atoms with E-state index in [1.54, 1.807) is 0 Å². The molecule has 0 bridgehead atoms. The summed E-state index contributed by atoms with van der Waals surface area (Å²) >= 11 is 0. The minimum absolute atomic E-state index is 0.292. The van der Waals surface area contributed by atoms with E-state index in [2.05, 4.69) is 11.9 Å². The molecule has 2 N–H and O–H groups in total. The fraction of sp³-hybridized carbons (Fsp3) is 0.933. The molecule has 0 aliphatic heterocycles. The zero-order valence-corrected chi connectivity index (χ0v) is 12.9. The third kappa shape index (κ3) is 4.77. The number of hydrogen-bond acceptors (Lipinski definition) is 3. The molecule has 1 saturated carbocycles. The summed E-state index contributed by atoms with van der Waals surface area (Å²) in [7, 11) is 2.18. The Hall–Kier alpha value is -0.610. The van der Waals surface area contributed by atoms with Crippen LogP contribution in [-0.2, 0) is 4.79 Å². The van der Waals surface area contributed by atoms with Gasteiger partial charge in [0.05, 0.1) is 0 Å². The van der Waals surface area contributed by atoms with Crippen molar-refractivity contribution >= 4 is 5.91 Å². The van der Waals surface area contributed by atoms with Gasteiger partial charge in [0.25, 0.3) is 0 Å². The van der Waals surface area contributed by atoms with E-state index >= 15 is 0 Å². The molecule has 0 aromatic rings. The Morgan fingerprint density at radius 3 is 2.53 bits per heavy atom. The number of nitrogens with zero attached hydrogens (tertiary/aromatic N) is 2. The summed E-state index contributed by atoms with van der Waals surface area (Å²) in [6.07, 6.45) is 5.47. The van der Waals surface area contributed by atoms with E-state index in [0.717, 1.165) is 32.6 Å². The van der Waals surface area contributed by atoms with Gasteiger partial charge in [-0.25, -0.2) is 0 Å². The van der Waals surface area contributed by atoms with Crippen LogP contribution in [0.2, 0.25) is 0 Å². The molecular formula is C15H31N3O. The average Bonchev–Trinajstić information content (AvgIpc) is 2.88. The van der Waals surface area contributed by atoms with Crippen molar-refractivity contribution in [1.29, 1.82) is 0 Å². The van der Waals surface area contributed by atoms with Gasteiger partial charge in [-0.1, -0.05) is 6.42 Å². The van der Waals surface area contributed by atoms with Crippen molar-refractivity contribution in [2.45, 2.75) is 52.0 Å². The summed E-state index contributed by atoms with van der Waals surface area (Å²) in [5, 5.41) is 0. The molecule has 1 aliphatic rings. The lowest BCUT2D eigenvalue weighted by Gasteiger charge is -2.29. The summed E-state index contributed by atoms with van der Waals surface area (Å²) < 4.78 is 0. The first-order valence-electron chi connectivity index (χ1n) is 7.82. The molecule has 0 heterocycles. The molecule has 2 unspecified atom stereocenters. The van der Waals surface area contributed by atoms with E-state index in [0.29, 0.717) is 24.3 Å². The molecule has 1 fully saturated rings. The quantitative estimate of drug-likeness (QED) is 0.729. The van der Waals surface area contributed by atoms with Crippen LogP contribution in [0.25, 0.3) is 0 Å². The van der Waals surface area contributed by atoms with Crippen LogP contribution < -0.4 is 5.73 Å². The maximum atomic E-state index is 11.9. The fourth-order valence-electron chi connectivity index (χ4n) is 3.25. The van der Waals surface area contributed by atoms with E-state index in [1.807, 2.05) is 18.7 Å². The van der Waals surface area contributed by atoms with Crippen LogP contribution in [-0.4, -0.2) is 55.0 Å². The third-order valence-corrected chi connectivity index (χ3v) is 4.51. The number of rotatable bonds is 8. The highest BCUT2D eigenvalue weighted by Gasteiger charge is 2.28. The van der Waals surface area contributed by atoms with Crippen molar-refractivity contribution in [3.8, 4) is 0 Å². The van der Waals surface area contributed by atoms with Crippen molar-refractivity contribution in [3.05, 3.63) is 0 Å². The molecule has 0 aromatic heterocycles. The van der Waals surface area contributed by atoms with Gasteiger partial charge in [0.1, 0.15) is 0 Å². The highest BCUT2D eigenvalue weighted by Crippen LogP contribution is 2.28. The van der Waals surface area contributed by atoms with Crippen LogP contribution in [0.5, 0.6) is 0 Å². The highest BCUT2D eigenvalue weighted by atomic mass is 16.2. The first-order chi connectivity index (χ1) is 9.13. The molecule has 112 valence electrons. The first kappa shape index (κ1) is 16.4. The van der Waals surface area contributed by atoms with E-state index in [-0.39, 0.29) is 0 Å². The fourth-order valence-corrected chi connectivity index (χ4v) is 3.25. The van der Waals surface area contributed by atoms with Crippen LogP contribution in [0.1, 0.15) is 46.0 Å². The van der Waals surface area contributed by atoms with Crippen molar-refractivity contribution < 1.29 is 4.79 Å². The number of hydrogen-bond donors (Lipinski definition) is 1. The number of carbonyl (C=O) groups is 1. The standard InChI is InChI=1S/C15H31N3O/c1-4-18(5-2)15(19)10-7-11-17(3)14-9-6-8-13(14)12-16/h13-14H,4-12,16H2,1-3H3. The van der Waals surface area contributed by atoms with E-state index < -0.39 is 0 Å². The van der Waals surface area contributed by atoms with Gasteiger partial charge in [-0.05, 0) is 59.2 Å². The second kappa shape index (κ2) is 8.54. The lowest BCUT2D eigenvalue weighted by atomic mass is 10.0. The predicted molar refractivity (Wildman–Crippen MR) is 80.0 cm³/mol. The maximum Gasteiger partial charge on any atom is 0.222 e. The number of nitrogens with two attached hydrogens (primary N) is 1. The Balaban J connectivity index is 2.26. The van der Waals surface area contributed by atoms with Gasteiger partial charge >= 0.3 is 0 Å². The molecule has 4 heteroatoms. The van der Waals surface area contributed by atoms with Gasteiger partial charge in [0.15, 0.2) is 0 Å². The summed E-state index contributed by atoms with van der Waals surface area (Å²) in [6, 6.07) is 0.633. The third-order valence-electron chi connectivity index (χ3n) is 4.51. The number of amides is 1. The van der Waals surface area contributed by atoms with Crippen LogP contribution in [0, 0.1) is 5.92 Å². The van der Waals surface area contributed by atoms with Crippen LogP contribution in [0.4, 0.5) is 0 Å². The molecule has 1 aliphatic carbocycles. The predicted octanol–water partition coefficient (Wildman–Crippen LogP) is 1.69. The number of carbonyl (C=O) groups excluding carboxylic acids is 1. The molecule has 19 heavy (non-hydrogen) atoms. The van der Waals surface area contributed by atoms with E-state index in [1.165, 1.54) is 19.3 Å². The van der Waals surface area contributed by atoms with Gasteiger partial charge in [-0.3, -0.25) is 4.79 Å². The SMILES string of the molecule is CCN(CC)C(=O)CCCN(C)C1CCCC1CN. The Morgan fingerprint density at radius 1 is 1.26 bits per heavy atom. The molecule has 0 saturated heterocycles. The Bertz CT molecular complexity index is 266. The molecule has 1 rings (SSSR count). The summed E-state index contributed by atoms with van der Waals surface area (Å²) in [5.74, 6) is 0.948. The Labute approximate surface area is 118 Å². The summed E-state index contributed by atoms with van der Waals surface area (Å²) in [6.45, 7) is 7.53. The summed E-state index contributed by atoms with van der Waals surface area (Å²) in [4.78, 5) is 16.2. The first-order valence-corrected chi connectivity index (χ1v) is 7.82.